The highest BCUT2D eigenvalue weighted by molar-refractivity contribution is 6.02. The largest absolute Gasteiger partial charge is 0.481 e. The summed E-state index contributed by atoms with van der Waals surface area (Å²) in [5.74, 6) is -2.29. The maximum Gasteiger partial charge on any atom is 0.303 e. The number of likely N-dealkylation sites (tertiary alicyclic amines) is 1. The van der Waals surface area contributed by atoms with Gasteiger partial charge in [0.15, 0.2) is 0 Å². The molecule has 216 valence electrons. The molecule has 5 N–H and O–H groups in total. The lowest BCUT2D eigenvalue weighted by Gasteiger charge is -2.25. The molecule has 0 spiro atoms. The number of aliphatic hydroxyl groups excluding tert-OH is 2. The predicted octanol–water partition coefficient (Wildman–Crippen LogP) is 0.909. The Labute approximate surface area is 226 Å². The fourth-order valence-corrected chi connectivity index (χ4v) is 3.78. The van der Waals surface area contributed by atoms with E-state index in [-0.39, 0.29) is 94.0 Å². The number of benzene rings is 1. The van der Waals surface area contributed by atoms with Crippen molar-refractivity contribution in [3.63, 3.8) is 0 Å². The number of aliphatic hydroxyl groups is 2. The van der Waals surface area contributed by atoms with Crippen molar-refractivity contribution >= 4 is 35.3 Å². The average Bonchev–Trinajstić information content (AvgIpc) is 3.18. The summed E-state index contributed by atoms with van der Waals surface area (Å²) in [6.45, 7) is 3.26. The Morgan fingerprint density at radius 1 is 1.05 bits per heavy atom. The number of rotatable bonds is 17. The van der Waals surface area contributed by atoms with E-state index in [0.717, 1.165) is 4.90 Å². The van der Waals surface area contributed by atoms with Gasteiger partial charge in [0.1, 0.15) is 5.75 Å². The summed E-state index contributed by atoms with van der Waals surface area (Å²) in [6.07, 6.45) is -2.28. The van der Waals surface area contributed by atoms with Crippen LogP contribution in [0.15, 0.2) is 18.2 Å². The first-order chi connectivity index (χ1) is 18.5. The van der Waals surface area contributed by atoms with Crippen LogP contribution >= 0.6 is 0 Å². The zero-order chi connectivity index (χ0) is 28.9. The number of carbonyl (C=O) groups is 5. The number of carboxylic acids is 1. The van der Waals surface area contributed by atoms with Crippen LogP contribution in [0.4, 0.5) is 5.69 Å². The Kier molecular flexibility index (Phi) is 12.8. The molecular weight excluding hydrogens is 514 g/mol. The molecule has 1 fully saturated rings. The number of nitrogens with zero attached hydrogens (tertiary/aromatic N) is 1. The second-order valence-electron chi connectivity index (χ2n) is 9.38. The van der Waals surface area contributed by atoms with Crippen molar-refractivity contribution in [3.05, 3.63) is 23.8 Å². The number of aliphatic carboxylic acids is 1. The predicted molar refractivity (Wildman–Crippen MR) is 137 cm³/mol. The maximum atomic E-state index is 12.6. The van der Waals surface area contributed by atoms with Gasteiger partial charge in [-0.15, -0.1) is 0 Å². The van der Waals surface area contributed by atoms with Crippen molar-refractivity contribution in [2.24, 2.45) is 0 Å². The molecule has 2 unspecified atom stereocenters. The summed E-state index contributed by atoms with van der Waals surface area (Å²) >= 11 is 0. The Balaban J connectivity index is 1.94. The minimum Gasteiger partial charge on any atom is -0.481 e. The van der Waals surface area contributed by atoms with Crippen molar-refractivity contribution < 1.29 is 48.8 Å². The lowest BCUT2D eigenvalue weighted by molar-refractivity contribution is -0.140. The van der Waals surface area contributed by atoms with Crippen LogP contribution in [-0.2, 0) is 35.3 Å². The lowest BCUT2D eigenvalue weighted by Crippen LogP contribution is -2.35. The van der Waals surface area contributed by atoms with Gasteiger partial charge in [-0.1, -0.05) is 6.07 Å². The third kappa shape index (κ3) is 11.4. The van der Waals surface area contributed by atoms with Crippen molar-refractivity contribution in [1.82, 2.24) is 10.2 Å². The first-order valence-corrected chi connectivity index (χ1v) is 12.8. The summed E-state index contributed by atoms with van der Waals surface area (Å²) < 4.78 is 11.6. The fourth-order valence-electron chi connectivity index (χ4n) is 3.78. The van der Waals surface area contributed by atoms with E-state index in [9.17, 15) is 34.2 Å². The molecule has 1 aromatic rings. The SMILES string of the molecule is CC(C)OC(CC(O)CCC(=O)O)Oc1ccc(CO)cc1NC(=O)CCNC(=O)CCN1C(=O)CCC1=O. The molecule has 13 nitrogen and oxygen atoms in total. The monoisotopic (exact) mass is 551 g/mol. The molecule has 39 heavy (non-hydrogen) atoms. The standard InChI is InChI=1S/C26H37N3O10/c1-16(2)38-26(14-18(31)4-8-25(36)37)39-20-5-3-17(15-30)13-19(20)28-22(33)9-11-27-21(32)10-12-29-23(34)6-7-24(29)35/h3,5,13,16,18,26,30-31H,4,6-12,14-15H2,1-2H3,(H,27,32)(H,28,33)(H,36,37). The second kappa shape index (κ2) is 15.8. The summed E-state index contributed by atoms with van der Waals surface area (Å²) in [4.78, 5) is 59.8. The molecule has 0 bridgehead atoms. The van der Waals surface area contributed by atoms with Crippen LogP contribution in [-0.4, -0.2) is 81.4 Å². The Bertz CT molecular complexity index is 1010. The summed E-state index contributed by atoms with van der Waals surface area (Å²) in [7, 11) is 0. The van der Waals surface area contributed by atoms with E-state index in [2.05, 4.69) is 10.6 Å². The molecule has 1 aromatic carbocycles. The summed E-state index contributed by atoms with van der Waals surface area (Å²) in [6, 6.07) is 4.64. The minimum atomic E-state index is -1.03. The number of carbonyl (C=O) groups excluding carboxylic acids is 4. The van der Waals surface area contributed by atoms with E-state index < -0.39 is 30.2 Å². The maximum absolute atomic E-state index is 12.6. The Hall–Kier alpha value is -3.55. The molecule has 0 saturated carbocycles. The first-order valence-electron chi connectivity index (χ1n) is 12.8. The van der Waals surface area contributed by atoms with Crippen LogP contribution in [0.2, 0.25) is 0 Å². The van der Waals surface area contributed by atoms with Crippen molar-refractivity contribution in [3.8, 4) is 5.75 Å². The van der Waals surface area contributed by atoms with Crippen LogP contribution in [0, 0.1) is 0 Å². The molecule has 1 aliphatic rings. The molecule has 0 aliphatic carbocycles. The van der Waals surface area contributed by atoms with Gasteiger partial charge in [0.25, 0.3) is 0 Å². The third-order valence-electron chi connectivity index (χ3n) is 5.73. The topological polar surface area (TPSA) is 192 Å². The second-order valence-corrected chi connectivity index (χ2v) is 9.38. The van der Waals surface area contributed by atoms with Gasteiger partial charge < -0.3 is 35.4 Å². The quantitative estimate of drug-likeness (QED) is 0.137. The number of ether oxygens (including phenoxy) is 2. The highest BCUT2D eigenvalue weighted by Gasteiger charge is 2.28. The number of hydrogen-bond acceptors (Lipinski definition) is 9. The summed E-state index contributed by atoms with van der Waals surface area (Å²) in [5.41, 5.74) is 0.737. The molecular formula is C26H37N3O10. The number of imide groups is 1. The van der Waals surface area contributed by atoms with Gasteiger partial charge in [-0.3, -0.25) is 28.9 Å². The van der Waals surface area contributed by atoms with E-state index in [4.69, 9.17) is 14.6 Å². The lowest BCUT2D eigenvalue weighted by atomic mass is 10.1. The van der Waals surface area contributed by atoms with Crippen LogP contribution < -0.4 is 15.4 Å². The van der Waals surface area contributed by atoms with Crippen LogP contribution in [0.1, 0.15) is 64.4 Å². The van der Waals surface area contributed by atoms with Gasteiger partial charge in [0, 0.05) is 51.6 Å². The van der Waals surface area contributed by atoms with Crippen molar-refractivity contribution in [1.29, 1.82) is 0 Å². The molecule has 1 heterocycles. The van der Waals surface area contributed by atoms with Gasteiger partial charge in [0.05, 0.1) is 24.5 Å². The van der Waals surface area contributed by atoms with Crippen molar-refractivity contribution in [2.45, 2.75) is 83.9 Å². The number of carboxylic acid groups (broad SMARTS) is 1. The molecule has 0 aromatic heterocycles. The fraction of sp³-hybridized carbons (Fsp3) is 0.577. The zero-order valence-corrected chi connectivity index (χ0v) is 22.2. The smallest absolute Gasteiger partial charge is 0.303 e. The molecule has 1 saturated heterocycles. The highest BCUT2D eigenvalue weighted by Crippen LogP contribution is 2.29. The van der Waals surface area contributed by atoms with Gasteiger partial charge in [-0.05, 0) is 38.0 Å². The molecule has 1 aliphatic heterocycles. The Morgan fingerprint density at radius 3 is 2.36 bits per heavy atom. The van der Waals surface area contributed by atoms with Crippen LogP contribution in [0.25, 0.3) is 0 Å². The average molecular weight is 552 g/mol. The molecule has 2 atom stereocenters. The minimum absolute atomic E-state index is 0.00499. The van der Waals surface area contributed by atoms with Gasteiger partial charge in [-0.25, -0.2) is 0 Å². The van der Waals surface area contributed by atoms with Crippen molar-refractivity contribution in [2.75, 3.05) is 18.4 Å². The summed E-state index contributed by atoms with van der Waals surface area (Å²) in [5, 5.41) is 33.9. The zero-order valence-electron chi connectivity index (χ0n) is 22.2. The number of hydrogen-bond donors (Lipinski definition) is 5. The van der Waals surface area contributed by atoms with E-state index in [0.29, 0.717) is 5.56 Å². The van der Waals surface area contributed by atoms with E-state index in [1.54, 1.807) is 19.9 Å². The normalized spacial score (nSPS) is 14.8. The number of amides is 4. The van der Waals surface area contributed by atoms with E-state index in [1.807, 2.05) is 0 Å². The van der Waals surface area contributed by atoms with Gasteiger partial charge >= 0.3 is 5.97 Å². The first kappa shape index (κ1) is 31.7. The number of nitrogens with one attached hydrogen (secondary N) is 2. The number of anilines is 1. The van der Waals surface area contributed by atoms with Gasteiger partial charge in [-0.2, -0.15) is 0 Å². The van der Waals surface area contributed by atoms with E-state index in [1.165, 1.54) is 12.1 Å². The molecule has 2 rings (SSSR count). The Morgan fingerprint density at radius 2 is 1.74 bits per heavy atom. The molecule has 0 radical (unpaired) electrons. The third-order valence-corrected chi connectivity index (χ3v) is 5.73. The van der Waals surface area contributed by atoms with E-state index >= 15 is 0 Å². The van der Waals surface area contributed by atoms with Crippen LogP contribution in [0.3, 0.4) is 0 Å². The van der Waals surface area contributed by atoms with Crippen LogP contribution in [0.5, 0.6) is 5.75 Å². The van der Waals surface area contributed by atoms with Gasteiger partial charge in [0.2, 0.25) is 29.9 Å². The molecule has 4 amide bonds. The molecule has 13 heteroatoms. The highest BCUT2D eigenvalue weighted by atomic mass is 16.7.